The molecule has 0 fully saturated rings. The summed E-state index contributed by atoms with van der Waals surface area (Å²) in [4.78, 5) is 0. The molecule has 20 heavy (non-hydrogen) atoms. The van der Waals surface area contributed by atoms with E-state index in [-0.39, 0.29) is 10.7 Å². The number of hydrogen-bond acceptors (Lipinski definition) is 2. The van der Waals surface area contributed by atoms with Crippen LogP contribution in [0.3, 0.4) is 0 Å². The number of hydrogen-bond donors (Lipinski definition) is 1. The molecule has 0 saturated heterocycles. The third kappa shape index (κ3) is 3.10. The zero-order valence-corrected chi connectivity index (χ0v) is 11.6. The third-order valence-electron chi connectivity index (χ3n) is 2.87. The van der Waals surface area contributed by atoms with E-state index in [0.29, 0.717) is 11.5 Å². The Morgan fingerprint density at radius 3 is 2.45 bits per heavy atom. The maximum atomic E-state index is 13.0. The number of halogens is 4. The molecule has 1 heterocycles. The van der Waals surface area contributed by atoms with Gasteiger partial charge in [0.2, 0.25) is 0 Å². The topological polar surface area (TPSA) is 25.2 Å². The fourth-order valence-corrected chi connectivity index (χ4v) is 2.11. The molecular formula is C14H13ClF3NO. The quantitative estimate of drug-likeness (QED) is 0.817. The molecule has 108 valence electrons. The molecule has 0 saturated carbocycles. The van der Waals surface area contributed by atoms with Crippen molar-refractivity contribution in [1.82, 2.24) is 0 Å². The van der Waals surface area contributed by atoms with Gasteiger partial charge < -0.3 is 9.73 Å². The minimum Gasteiger partial charge on any atom is -0.464 e. The monoisotopic (exact) mass is 303 g/mol. The molecular weight excluding hydrogens is 291 g/mol. The van der Waals surface area contributed by atoms with Crippen LogP contribution in [0.4, 0.5) is 18.9 Å². The van der Waals surface area contributed by atoms with E-state index in [1.165, 1.54) is 12.1 Å². The van der Waals surface area contributed by atoms with E-state index >= 15 is 0 Å². The van der Waals surface area contributed by atoms with Crippen LogP contribution in [0.5, 0.6) is 0 Å². The van der Waals surface area contributed by atoms with Gasteiger partial charge in [0, 0.05) is 0 Å². The van der Waals surface area contributed by atoms with Crippen molar-refractivity contribution in [2.45, 2.75) is 26.1 Å². The van der Waals surface area contributed by atoms with Crippen molar-refractivity contribution in [3.63, 3.8) is 0 Å². The van der Waals surface area contributed by atoms with E-state index in [1.807, 2.05) is 0 Å². The lowest BCUT2D eigenvalue weighted by Gasteiger charge is -2.19. The van der Waals surface area contributed by atoms with Crippen LogP contribution in [-0.4, -0.2) is 0 Å². The lowest BCUT2D eigenvalue weighted by atomic mass is 10.1. The van der Waals surface area contributed by atoms with Gasteiger partial charge in [-0.1, -0.05) is 17.7 Å². The van der Waals surface area contributed by atoms with Gasteiger partial charge in [-0.15, -0.1) is 0 Å². The molecule has 1 N–H and O–H groups in total. The first-order valence-corrected chi connectivity index (χ1v) is 6.35. The minimum atomic E-state index is -4.47. The number of furan rings is 1. The summed E-state index contributed by atoms with van der Waals surface area (Å²) in [6, 6.07) is 6.73. The molecule has 2 aromatic rings. The smallest absolute Gasteiger partial charge is 0.418 e. The lowest BCUT2D eigenvalue weighted by Crippen LogP contribution is -2.13. The molecule has 6 heteroatoms. The standard InChI is InChI=1S/C14H13ClF3NO/c1-8-6-7-12(20-8)9(2)19-13-10(14(16,17)18)4-3-5-11(13)15/h3-7,9,19H,1-2H3. The van der Waals surface area contributed by atoms with Crippen LogP contribution in [0.2, 0.25) is 5.02 Å². The van der Waals surface area contributed by atoms with Gasteiger partial charge in [-0.05, 0) is 38.1 Å². The van der Waals surface area contributed by atoms with Gasteiger partial charge in [0.1, 0.15) is 11.5 Å². The van der Waals surface area contributed by atoms with Crippen molar-refractivity contribution in [3.8, 4) is 0 Å². The zero-order chi connectivity index (χ0) is 14.9. The molecule has 1 atom stereocenters. The van der Waals surface area contributed by atoms with Crippen molar-refractivity contribution >= 4 is 17.3 Å². The summed E-state index contributed by atoms with van der Waals surface area (Å²) in [6.07, 6.45) is -4.47. The number of para-hydroxylation sites is 1. The van der Waals surface area contributed by atoms with Crippen molar-refractivity contribution < 1.29 is 17.6 Å². The Bertz CT molecular complexity index is 607. The van der Waals surface area contributed by atoms with E-state index in [0.717, 1.165) is 6.07 Å². The van der Waals surface area contributed by atoms with E-state index in [1.54, 1.807) is 26.0 Å². The highest BCUT2D eigenvalue weighted by molar-refractivity contribution is 6.33. The molecule has 0 aliphatic carbocycles. The summed E-state index contributed by atoms with van der Waals surface area (Å²) in [5.41, 5.74) is -0.927. The normalized spacial score (nSPS) is 13.3. The summed E-state index contributed by atoms with van der Waals surface area (Å²) in [6.45, 7) is 3.48. The van der Waals surface area contributed by atoms with Crippen LogP contribution >= 0.6 is 11.6 Å². The van der Waals surface area contributed by atoms with Gasteiger partial charge in [0.05, 0.1) is 22.3 Å². The summed E-state index contributed by atoms with van der Waals surface area (Å²) in [5.74, 6) is 1.25. The van der Waals surface area contributed by atoms with Crippen molar-refractivity contribution in [2.24, 2.45) is 0 Å². The molecule has 1 aromatic heterocycles. The maximum Gasteiger partial charge on any atom is 0.418 e. The lowest BCUT2D eigenvalue weighted by molar-refractivity contribution is -0.137. The highest BCUT2D eigenvalue weighted by Crippen LogP contribution is 2.39. The SMILES string of the molecule is Cc1ccc(C(C)Nc2c(Cl)cccc2C(F)(F)F)o1. The van der Waals surface area contributed by atoms with Gasteiger partial charge in [-0.25, -0.2) is 0 Å². The molecule has 1 aromatic carbocycles. The van der Waals surface area contributed by atoms with Crippen LogP contribution in [0.25, 0.3) is 0 Å². The predicted molar refractivity (Wildman–Crippen MR) is 71.9 cm³/mol. The molecule has 0 aliphatic rings. The number of rotatable bonds is 3. The Labute approximate surface area is 119 Å². The van der Waals surface area contributed by atoms with Crippen molar-refractivity contribution in [3.05, 3.63) is 52.4 Å². The predicted octanol–water partition coefficient (Wildman–Crippen LogP) is 5.43. The Kier molecular flexibility index (Phi) is 3.99. The van der Waals surface area contributed by atoms with E-state index in [9.17, 15) is 13.2 Å². The van der Waals surface area contributed by atoms with E-state index < -0.39 is 17.8 Å². The zero-order valence-electron chi connectivity index (χ0n) is 10.9. The van der Waals surface area contributed by atoms with Gasteiger partial charge in [-0.3, -0.25) is 0 Å². The van der Waals surface area contributed by atoms with Gasteiger partial charge in [0.15, 0.2) is 0 Å². The molecule has 0 amide bonds. The highest BCUT2D eigenvalue weighted by atomic mass is 35.5. The van der Waals surface area contributed by atoms with E-state index in [2.05, 4.69) is 5.32 Å². The van der Waals surface area contributed by atoms with Crippen molar-refractivity contribution in [2.75, 3.05) is 5.32 Å². The molecule has 0 aliphatic heterocycles. The second-order valence-corrected chi connectivity index (χ2v) is 4.88. The summed E-state index contributed by atoms with van der Waals surface area (Å²) >= 11 is 5.88. The van der Waals surface area contributed by atoms with Gasteiger partial charge in [-0.2, -0.15) is 13.2 Å². The molecule has 2 rings (SSSR count). The fourth-order valence-electron chi connectivity index (χ4n) is 1.88. The van der Waals surface area contributed by atoms with Crippen LogP contribution in [-0.2, 0) is 6.18 Å². The minimum absolute atomic E-state index is 0.0231. The third-order valence-corrected chi connectivity index (χ3v) is 3.18. The van der Waals surface area contributed by atoms with Crippen molar-refractivity contribution in [1.29, 1.82) is 0 Å². The van der Waals surface area contributed by atoms with Gasteiger partial charge in [0.25, 0.3) is 0 Å². The van der Waals surface area contributed by atoms with Crippen LogP contribution in [0.15, 0.2) is 34.7 Å². The number of anilines is 1. The Morgan fingerprint density at radius 1 is 1.20 bits per heavy atom. The second kappa shape index (κ2) is 5.40. The van der Waals surface area contributed by atoms with Crippen LogP contribution in [0.1, 0.15) is 30.0 Å². The second-order valence-electron chi connectivity index (χ2n) is 4.47. The largest absolute Gasteiger partial charge is 0.464 e. The van der Waals surface area contributed by atoms with Crippen LogP contribution < -0.4 is 5.32 Å². The number of alkyl halides is 3. The molecule has 0 bridgehead atoms. The number of aryl methyl sites for hydroxylation is 1. The number of nitrogens with one attached hydrogen (secondary N) is 1. The molecule has 1 unspecified atom stereocenters. The Hall–Kier alpha value is -1.62. The Balaban J connectivity index is 2.33. The maximum absolute atomic E-state index is 13.0. The average molecular weight is 304 g/mol. The first kappa shape index (κ1) is 14.8. The fraction of sp³-hybridized carbons (Fsp3) is 0.286. The Morgan fingerprint density at radius 2 is 1.90 bits per heavy atom. The molecule has 0 spiro atoms. The summed E-state index contributed by atoms with van der Waals surface area (Å²) < 4.78 is 44.3. The van der Waals surface area contributed by atoms with E-state index in [4.69, 9.17) is 16.0 Å². The highest BCUT2D eigenvalue weighted by Gasteiger charge is 2.34. The summed E-state index contributed by atoms with van der Waals surface area (Å²) in [5, 5.41) is 2.79. The summed E-state index contributed by atoms with van der Waals surface area (Å²) in [7, 11) is 0. The molecule has 2 nitrogen and oxygen atoms in total. The number of benzene rings is 1. The molecule has 0 radical (unpaired) electrons. The first-order chi connectivity index (χ1) is 9.29. The average Bonchev–Trinajstić information content (AvgIpc) is 2.77. The van der Waals surface area contributed by atoms with Gasteiger partial charge >= 0.3 is 6.18 Å². The van der Waals surface area contributed by atoms with Crippen LogP contribution in [0, 0.1) is 6.92 Å². The first-order valence-electron chi connectivity index (χ1n) is 5.97.